The molecule has 0 aliphatic carbocycles. The first-order valence-electron chi connectivity index (χ1n) is 8.33. The van der Waals surface area contributed by atoms with Gasteiger partial charge in [0.15, 0.2) is 18.1 Å². The first-order chi connectivity index (χ1) is 11.9. The van der Waals surface area contributed by atoms with Gasteiger partial charge in [0.05, 0.1) is 19.3 Å². The summed E-state index contributed by atoms with van der Waals surface area (Å²) in [4.78, 5) is 2.22. The van der Waals surface area contributed by atoms with Crippen LogP contribution in [0.3, 0.4) is 0 Å². The maximum absolute atomic E-state index is 12.3. The average Bonchev–Trinajstić information content (AvgIpc) is 2.54. The van der Waals surface area contributed by atoms with Gasteiger partial charge in [-0.1, -0.05) is 6.07 Å². The van der Waals surface area contributed by atoms with Crippen molar-refractivity contribution < 1.29 is 27.4 Å². The van der Waals surface area contributed by atoms with E-state index in [1.807, 2.05) is 0 Å². The number of halogens is 3. The molecule has 1 fully saturated rings. The quantitative estimate of drug-likeness (QED) is 0.770. The predicted octanol–water partition coefficient (Wildman–Crippen LogP) is 2.45. The second-order valence-electron chi connectivity index (χ2n) is 6.00. The molecule has 0 spiro atoms. The Labute approximate surface area is 146 Å². The predicted molar refractivity (Wildman–Crippen MR) is 88.1 cm³/mol. The molecular formula is C17H25F3N2O3. The smallest absolute Gasteiger partial charge is 0.422 e. The maximum atomic E-state index is 12.3. The van der Waals surface area contributed by atoms with E-state index < -0.39 is 12.8 Å². The molecular weight excluding hydrogens is 337 g/mol. The van der Waals surface area contributed by atoms with Crippen molar-refractivity contribution in [1.82, 2.24) is 10.2 Å². The van der Waals surface area contributed by atoms with E-state index in [2.05, 4.69) is 17.3 Å². The highest BCUT2D eigenvalue weighted by Crippen LogP contribution is 2.30. The molecule has 0 bridgehead atoms. The van der Waals surface area contributed by atoms with Crippen LogP contribution in [0.15, 0.2) is 18.2 Å². The van der Waals surface area contributed by atoms with E-state index in [0.717, 1.165) is 25.3 Å². The molecule has 2 rings (SSSR count). The second kappa shape index (κ2) is 9.26. The molecule has 0 saturated carbocycles. The number of benzene rings is 1. The molecule has 25 heavy (non-hydrogen) atoms. The van der Waals surface area contributed by atoms with Crippen LogP contribution in [0.5, 0.6) is 11.5 Å². The summed E-state index contributed by atoms with van der Waals surface area (Å²) in [5, 5.41) is 3.31. The largest absolute Gasteiger partial charge is 0.490 e. The topological polar surface area (TPSA) is 43.0 Å². The summed E-state index contributed by atoms with van der Waals surface area (Å²) in [7, 11) is 2.06. The van der Waals surface area contributed by atoms with Crippen LogP contribution in [0.2, 0.25) is 0 Å². The van der Waals surface area contributed by atoms with Crippen LogP contribution in [-0.2, 0) is 11.3 Å². The van der Waals surface area contributed by atoms with Gasteiger partial charge in [-0.05, 0) is 31.7 Å². The zero-order chi connectivity index (χ0) is 18.3. The van der Waals surface area contributed by atoms with E-state index in [0.29, 0.717) is 25.4 Å². The minimum Gasteiger partial charge on any atom is -0.490 e. The van der Waals surface area contributed by atoms with E-state index in [4.69, 9.17) is 14.2 Å². The van der Waals surface area contributed by atoms with E-state index in [1.165, 1.54) is 6.07 Å². The number of morpholine rings is 1. The van der Waals surface area contributed by atoms with Crippen molar-refractivity contribution in [2.45, 2.75) is 25.7 Å². The van der Waals surface area contributed by atoms with Crippen LogP contribution in [0.4, 0.5) is 13.2 Å². The van der Waals surface area contributed by atoms with Gasteiger partial charge in [0.2, 0.25) is 0 Å². The molecule has 1 aliphatic heterocycles. The Balaban J connectivity index is 1.88. The highest BCUT2D eigenvalue weighted by molar-refractivity contribution is 5.43. The number of alkyl halides is 3. The maximum Gasteiger partial charge on any atom is 0.422 e. The van der Waals surface area contributed by atoms with E-state index >= 15 is 0 Å². The van der Waals surface area contributed by atoms with Crippen molar-refractivity contribution in [3.8, 4) is 11.5 Å². The Bertz CT molecular complexity index is 540. The Morgan fingerprint density at radius 3 is 2.76 bits per heavy atom. The zero-order valence-electron chi connectivity index (χ0n) is 14.6. The Kier molecular flexibility index (Phi) is 7.34. The molecule has 1 heterocycles. The molecule has 1 atom stereocenters. The third-order valence-corrected chi connectivity index (χ3v) is 3.74. The van der Waals surface area contributed by atoms with Crippen LogP contribution < -0.4 is 14.8 Å². The van der Waals surface area contributed by atoms with Gasteiger partial charge in [-0.25, -0.2) is 0 Å². The zero-order valence-corrected chi connectivity index (χ0v) is 14.6. The summed E-state index contributed by atoms with van der Waals surface area (Å²) in [6.45, 7) is 4.61. The van der Waals surface area contributed by atoms with Crippen LogP contribution in [0.25, 0.3) is 0 Å². The SMILES string of the molecule is CCOc1cc(CNC[C@H]2CN(C)CCO2)ccc1OCC(F)(F)F. The molecule has 1 N–H and O–H groups in total. The molecule has 0 aromatic heterocycles. The number of hydrogen-bond acceptors (Lipinski definition) is 5. The third kappa shape index (κ3) is 7.09. The van der Waals surface area contributed by atoms with Gasteiger partial charge in [-0.2, -0.15) is 13.2 Å². The molecule has 1 aromatic carbocycles. The minimum absolute atomic E-state index is 0.0974. The van der Waals surface area contributed by atoms with Gasteiger partial charge < -0.3 is 24.4 Å². The van der Waals surface area contributed by atoms with Crippen LogP contribution >= 0.6 is 0 Å². The lowest BCUT2D eigenvalue weighted by Gasteiger charge is -2.30. The summed E-state index contributed by atoms with van der Waals surface area (Å²) >= 11 is 0. The number of nitrogens with one attached hydrogen (secondary N) is 1. The molecule has 0 radical (unpaired) electrons. The highest BCUT2D eigenvalue weighted by atomic mass is 19.4. The standard InChI is InChI=1S/C17H25F3N2O3/c1-3-23-16-8-13(4-5-15(16)25-12-17(18,19)20)9-21-10-14-11-22(2)6-7-24-14/h4-5,8,14,21H,3,6-7,9-12H2,1-2H3/t14-/m0/s1. The van der Waals surface area contributed by atoms with Gasteiger partial charge in [0.1, 0.15) is 0 Å². The molecule has 5 nitrogen and oxygen atoms in total. The summed E-state index contributed by atoms with van der Waals surface area (Å²) in [6.07, 6.45) is -4.24. The first-order valence-corrected chi connectivity index (χ1v) is 8.33. The van der Waals surface area contributed by atoms with Gasteiger partial charge >= 0.3 is 6.18 Å². The van der Waals surface area contributed by atoms with Gasteiger partial charge in [-0.15, -0.1) is 0 Å². The summed E-state index contributed by atoms with van der Waals surface area (Å²) in [5.74, 6) is 0.417. The van der Waals surface area contributed by atoms with Gasteiger partial charge in [0, 0.05) is 26.2 Å². The fourth-order valence-corrected chi connectivity index (χ4v) is 2.58. The van der Waals surface area contributed by atoms with Gasteiger partial charge in [-0.3, -0.25) is 0 Å². The molecule has 8 heteroatoms. The fourth-order valence-electron chi connectivity index (χ4n) is 2.58. The second-order valence-corrected chi connectivity index (χ2v) is 6.00. The monoisotopic (exact) mass is 362 g/mol. The van der Waals surface area contributed by atoms with Crippen molar-refractivity contribution >= 4 is 0 Å². The van der Waals surface area contributed by atoms with E-state index in [9.17, 15) is 13.2 Å². The third-order valence-electron chi connectivity index (χ3n) is 3.74. The Morgan fingerprint density at radius 2 is 2.08 bits per heavy atom. The van der Waals surface area contributed by atoms with Crippen molar-refractivity contribution in [3.63, 3.8) is 0 Å². The lowest BCUT2D eigenvalue weighted by molar-refractivity contribution is -0.153. The molecule has 1 aromatic rings. The number of ether oxygens (including phenoxy) is 3. The summed E-state index contributed by atoms with van der Waals surface area (Å²) in [5.41, 5.74) is 0.909. The average molecular weight is 362 g/mol. The normalized spacial score (nSPS) is 19.0. The van der Waals surface area contributed by atoms with E-state index in [1.54, 1.807) is 19.1 Å². The van der Waals surface area contributed by atoms with Gasteiger partial charge in [0.25, 0.3) is 0 Å². The molecule has 1 saturated heterocycles. The molecule has 142 valence electrons. The first kappa shape index (κ1) is 19.8. The van der Waals surface area contributed by atoms with Crippen molar-refractivity contribution in [3.05, 3.63) is 23.8 Å². The van der Waals surface area contributed by atoms with Crippen LogP contribution in [0.1, 0.15) is 12.5 Å². The lowest BCUT2D eigenvalue weighted by Crippen LogP contribution is -2.44. The number of likely N-dealkylation sites (N-methyl/N-ethyl adjacent to an activating group) is 1. The molecule has 0 unspecified atom stereocenters. The van der Waals surface area contributed by atoms with Crippen LogP contribution in [0, 0.1) is 0 Å². The van der Waals surface area contributed by atoms with Crippen molar-refractivity contribution in [2.75, 3.05) is 46.5 Å². The minimum atomic E-state index is -4.38. The number of hydrogen-bond donors (Lipinski definition) is 1. The van der Waals surface area contributed by atoms with E-state index in [-0.39, 0.29) is 11.9 Å². The molecule has 0 amide bonds. The van der Waals surface area contributed by atoms with Crippen molar-refractivity contribution in [2.24, 2.45) is 0 Å². The summed E-state index contributed by atoms with van der Waals surface area (Å²) in [6, 6.07) is 4.95. The fraction of sp³-hybridized carbons (Fsp3) is 0.647. The van der Waals surface area contributed by atoms with Crippen molar-refractivity contribution in [1.29, 1.82) is 0 Å². The summed E-state index contributed by atoms with van der Waals surface area (Å²) < 4.78 is 52.9. The van der Waals surface area contributed by atoms with Crippen LogP contribution in [-0.4, -0.2) is 63.7 Å². The Hall–Kier alpha value is -1.51. The lowest BCUT2D eigenvalue weighted by atomic mass is 10.2. The highest BCUT2D eigenvalue weighted by Gasteiger charge is 2.29. The number of nitrogens with zero attached hydrogens (tertiary/aromatic N) is 1. The Morgan fingerprint density at radius 1 is 1.28 bits per heavy atom. The molecule has 1 aliphatic rings. The number of rotatable bonds is 8.